The van der Waals surface area contributed by atoms with E-state index < -0.39 is 6.04 Å². The Labute approximate surface area is 169 Å². The Morgan fingerprint density at radius 1 is 1.00 bits per heavy atom. The average Bonchev–Trinajstić information content (AvgIpc) is 3.20. The number of carbonyl (C=O) groups excluding carboxylic acids is 2. The number of nitrogens with zero attached hydrogens (tertiary/aromatic N) is 1. The highest BCUT2D eigenvalue weighted by Crippen LogP contribution is 2.60. The van der Waals surface area contributed by atoms with Crippen molar-refractivity contribution in [3.8, 4) is 0 Å². The molecule has 0 aromatic heterocycles. The lowest BCUT2D eigenvalue weighted by molar-refractivity contribution is -0.150. The maximum absolute atomic E-state index is 13.5. The normalized spacial score (nSPS) is 44.8. The zero-order valence-electron chi connectivity index (χ0n) is 17.5. The Bertz CT molecular complexity index is 625. The third-order valence-corrected chi connectivity index (χ3v) is 8.96. The molecule has 0 radical (unpaired) electrons. The quantitative estimate of drug-likeness (QED) is 0.778. The van der Waals surface area contributed by atoms with E-state index in [1.54, 1.807) is 0 Å². The minimum atomic E-state index is -0.393. The van der Waals surface area contributed by atoms with E-state index in [-0.39, 0.29) is 29.2 Å². The first-order valence-corrected chi connectivity index (χ1v) is 11.7. The monoisotopic (exact) mass is 387 g/mol. The summed E-state index contributed by atoms with van der Waals surface area (Å²) in [6.45, 7) is 5.73. The number of fused-ring (bicyclic) bond motifs is 1. The van der Waals surface area contributed by atoms with Crippen molar-refractivity contribution >= 4 is 11.8 Å². The van der Waals surface area contributed by atoms with Gasteiger partial charge in [-0.15, -0.1) is 0 Å². The van der Waals surface area contributed by atoms with Crippen molar-refractivity contribution in [1.82, 2.24) is 10.2 Å². The zero-order valence-corrected chi connectivity index (χ0v) is 17.5. The highest BCUT2D eigenvalue weighted by molar-refractivity contribution is 5.90. The van der Waals surface area contributed by atoms with E-state index in [0.717, 1.165) is 62.9 Å². The molecule has 1 aliphatic heterocycles. The van der Waals surface area contributed by atoms with E-state index in [2.05, 4.69) is 19.2 Å². The van der Waals surface area contributed by atoms with Gasteiger partial charge in [-0.05, 0) is 86.9 Å². The van der Waals surface area contributed by atoms with Gasteiger partial charge in [-0.25, -0.2) is 0 Å². The smallest absolute Gasteiger partial charge is 0.245 e. The van der Waals surface area contributed by atoms with Gasteiger partial charge >= 0.3 is 0 Å². The molecule has 2 amide bonds. The van der Waals surface area contributed by atoms with Crippen LogP contribution in [-0.4, -0.2) is 41.9 Å². The topological polar surface area (TPSA) is 75.4 Å². The molecule has 5 saturated carbocycles. The van der Waals surface area contributed by atoms with E-state index in [1.807, 2.05) is 4.90 Å². The summed E-state index contributed by atoms with van der Waals surface area (Å²) in [7, 11) is 0. The van der Waals surface area contributed by atoms with Crippen LogP contribution in [-0.2, 0) is 9.59 Å². The van der Waals surface area contributed by atoms with Crippen LogP contribution in [0, 0.1) is 40.9 Å². The number of nitrogens with one attached hydrogen (secondary N) is 1. The van der Waals surface area contributed by atoms with Gasteiger partial charge in [-0.3, -0.25) is 9.59 Å². The predicted octanol–water partition coefficient (Wildman–Crippen LogP) is 2.54. The van der Waals surface area contributed by atoms with Gasteiger partial charge in [0.25, 0.3) is 0 Å². The van der Waals surface area contributed by atoms with Crippen LogP contribution in [0.5, 0.6) is 0 Å². The lowest BCUT2D eigenvalue weighted by Crippen LogP contribution is -2.58. The second-order valence-corrected chi connectivity index (χ2v) is 11.3. The van der Waals surface area contributed by atoms with Crippen LogP contribution >= 0.6 is 0 Å². The molecule has 156 valence electrons. The number of likely N-dealkylation sites (tertiary alicyclic amines) is 1. The molecule has 5 aliphatic carbocycles. The van der Waals surface area contributed by atoms with Crippen molar-refractivity contribution < 1.29 is 9.59 Å². The lowest BCUT2D eigenvalue weighted by Gasteiger charge is -2.56. The van der Waals surface area contributed by atoms with Crippen LogP contribution in [0.15, 0.2) is 0 Å². The van der Waals surface area contributed by atoms with Gasteiger partial charge in [0.05, 0.1) is 0 Å². The molecule has 1 saturated heterocycles. The van der Waals surface area contributed by atoms with Crippen LogP contribution in [0.3, 0.4) is 0 Å². The molecule has 0 aromatic carbocycles. The molecular weight excluding hydrogens is 350 g/mol. The molecule has 3 N–H and O–H groups in total. The van der Waals surface area contributed by atoms with Crippen LogP contribution < -0.4 is 11.1 Å². The summed E-state index contributed by atoms with van der Waals surface area (Å²) < 4.78 is 0. The average molecular weight is 388 g/mol. The van der Waals surface area contributed by atoms with Crippen LogP contribution in [0.1, 0.15) is 65.2 Å². The van der Waals surface area contributed by atoms with Crippen LogP contribution in [0.2, 0.25) is 0 Å². The summed E-state index contributed by atoms with van der Waals surface area (Å²) in [5, 5.41) is 3.27. The van der Waals surface area contributed by atoms with Crippen molar-refractivity contribution in [2.45, 2.75) is 77.3 Å². The number of hydrogen-bond acceptors (Lipinski definition) is 3. The molecule has 4 unspecified atom stereocenters. The molecule has 6 fully saturated rings. The number of rotatable bonds is 4. The van der Waals surface area contributed by atoms with Gasteiger partial charge in [0, 0.05) is 24.5 Å². The zero-order chi connectivity index (χ0) is 19.6. The van der Waals surface area contributed by atoms with E-state index in [4.69, 9.17) is 5.73 Å². The number of hydrogen-bond donors (Lipinski definition) is 2. The SMILES string of the molecule is CC(C)C(NC(=O)C12CC3CC(CC(C3)C1)C2)C(=O)N1CC2CCC(N)C2C1. The highest BCUT2D eigenvalue weighted by Gasteiger charge is 2.55. The Morgan fingerprint density at radius 2 is 1.61 bits per heavy atom. The number of carbonyl (C=O) groups is 2. The first-order chi connectivity index (χ1) is 13.3. The summed E-state index contributed by atoms with van der Waals surface area (Å²) in [6.07, 6.45) is 9.36. The molecule has 4 atom stereocenters. The van der Waals surface area contributed by atoms with E-state index in [1.165, 1.54) is 19.3 Å². The van der Waals surface area contributed by atoms with Gasteiger partial charge < -0.3 is 16.0 Å². The second kappa shape index (κ2) is 6.72. The summed E-state index contributed by atoms with van der Waals surface area (Å²) in [5.41, 5.74) is 6.07. The third-order valence-electron chi connectivity index (χ3n) is 8.96. The Morgan fingerprint density at radius 3 is 2.14 bits per heavy atom. The largest absolute Gasteiger partial charge is 0.344 e. The maximum atomic E-state index is 13.5. The fraction of sp³-hybridized carbons (Fsp3) is 0.913. The van der Waals surface area contributed by atoms with Crippen molar-refractivity contribution in [1.29, 1.82) is 0 Å². The molecule has 28 heavy (non-hydrogen) atoms. The Hall–Kier alpha value is -1.10. The van der Waals surface area contributed by atoms with Gasteiger partial charge in [-0.2, -0.15) is 0 Å². The summed E-state index contributed by atoms with van der Waals surface area (Å²) in [5.74, 6) is 3.64. The molecule has 6 rings (SSSR count). The highest BCUT2D eigenvalue weighted by atomic mass is 16.2. The molecule has 0 spiro atoms. The fourth-order valence-corrected chi connectivity index (χ4v) is 7.88. The molecule has 6 aliphatic rings. The standard InChI is InChI=1S/C23H37N3O2/c1-13(2)20(21(27)26-11-17-3-4-19(24)18(17)12-26)25-22(28)23-8-14-5-15(9-23)7-16(6-14)10-23/h13-20H,3-12,24H2,1-2H3,(H,25,28). The first-order valence-electron chi connectivity index (χ1n) is 11.7. The van der Waals surface area contributed by atoms with Gasteiger partial charge in [-0.1, -0.05) is 13.8 Å². The maximum Gasteiger partial charge on any atom is 0.245 e. The van der Waals surface area contributed by atoms with E-state index in [0.29, 0.717) is 11.8 Å². The number of amides is 2. The van der Waals surface area contributed by atoms with Gasteiger partial charge in [0.1, 0.15) is 6.04 Å². The van der Waals surface area contributed by atoms with Crippen molar-refractivity contribution in [3.63, 3.8) is 0 Å². The molecule has 1 heterocycles. The van der Waals surface area contributed by atoms with Crippen LogP contribution in [0.4, 0.5) is 0 Å². The van der Waals surface area contributed by atoms with Crippen molar-refractivity contribution in [2.75, 3.05) is 13.1 Å². The predicted molar refractivity (Wildman–Crippen MR) is 108 cm³/mol. The molecule has 0 aromatic rings. The lowest BCUT2D eigenvalue weighted by atomic mass is 9.49. The molecular formula is C23H37N3O2. The van der Waals surface area contributed by atoms with Gasteiger partial charge in [0.15, 0.2) is 0 Å². The fourth-order valence-electron chi connectivity index (χ4n) is 7.88. The summed E-state index contributed by atoms with van der Waals surface area (Å²) in [4.78, 5) is 28.8. The van der Waals surface area contributed by atoms with E-state index >= 15 is 0 Å². The molecule has 5 nitrogen and oxygen atoms in total. The van der Waals surface area contributed by atoms with Gasteiger partial charge in [0.2, 0.25) is 11.8 Å². The minimum Gasteiger partial charge on any atom is -0.344 e. The molecule has 5 heteroatoms. The van der Waals surface area contributed by atoms with Crippen molar-refractivity contribution in [3.05, 3.63) is 0 Å². The van der Waals surface area contributed by atoms with E-state index in [9.17, 15) is 9.59 Å². The first kappa shape index (κ1) is 18.9. The summed E-state index contributed by atoms with van der Waals surface area (Å²) in [6, 6.07) is -0.155. The molecule has 4 bridgehead atoms. The summed E-state index contributed by atoms with van der Waals surface area (Å²) >= 11 is 0. The Balaban J connectivity index is 1.28. The third kappa shape index (κ3) is 3.00. The van der Waals surface area contributed by atoms with Crippen LogP contribution in [0.25, 0.3) is 0 Å². The second-order valence-electron chi connectivity index (χ2n) is 11.3. The van der Waals surface area contributed by atoms with Crippen molar-refractivity contribution in [2.24, 2.45) is 46.7 Å². The number of nitrogens with two attached hydrogens (primary N) is 1. The Kier molecular flexibility index (Phi) is 4.53. The minimum absolute atomic E-state index is 0.111.